The van der Waals surface area contributed by atoms with Gasteiger partial charge in [0.1, 0.15) is 23.9 Å². The van der Waals surface area contributed by atoms with E-state index in [1.54, 1.807) is 17.5 Å². The molecule has 3 amide bonds. The fraction of sp³-hybridized carbons (Fsp3) is 0.448. The summed E-state index contributed by atoms with van der Waals surface area (Å²) in [5.41, 5.74) is 6.67. The number of amides is 3. The molecule has 0 saturated carbocycles. The molecule has 424 valence electrons. The summed E-state index contributed by atoms with van der Waals surface area (Å²) in [4.78, 5) is 76.7. The number of H-pyrrole nitrogens is 1. The van der Waals surface area contributed by atoms with Gasteiger partial charge >= 0.3 is 10.2 Å². The van der Waals surface area contributed by atoms with E-state index in [4.69, 9.17) is 0 Å². The second kappa shape index (κ2) is 23.8. The van der Waals surface area contributed by atoms with Crippen molar-refractivity contribution in [1.82, 2.24) is 44.6 Å². The number of carbonyl (C=O) groups excluding carboxylic acids is 4. The standard InChI is InChI=1S/C58H69F2N11O7S2/c1-36-53(79-35-64-36)40-10-8-37(9-11-40)28-63-56(75)49-27-44(72)33-71(49)57(76)54(58(2,3)4)65-50(73)34-67-19-16-38(17-20-67)31-68-22-24-69(25-23-68)43-14-12-39(13-15-43)41-26-46-47(30-62-55(46)61-29-41)52(74)45-6-5-7-48(51(45)60)66-80(77,78)70-21-18-42(59)32-70/h5-15,26,29-30,35,38,42,44,49,54,66,72H,16-25,27-28,31-34H2,1-4H3,(H,61,62)(H,63,75)(H,65,73)/t42-,44-,49+,54-/m1/s1. The SMILES string of the molecule is Cc1ncsc1-c1ccc(CNC(=O)[C@@H]2C[C@@H](O)CN2C(=O)[C@@H](NC(=O)CN2CCC(CN3CCN(c4ccc(-c5cnc6[nH]cc(C(=O)c7cccc(NS(=O)(=O)N8CC[C@@H](F)C8)c7F)c6c5)cc4)CC3)CC2)C(C)(C)C)cc1. The highest BCUT2D eigenvalue weighted by molar-refractivity contribution is 7.90. The number of nitrogens with one attached hydrogen (secondary N) is 4. The van der Waals surface area contributed by atoms with Crippen LogP contribution in [0.1, 0.15) is 73.6 Å². The number of aliphatic hydroxyl groups is 1. The van der Waals surface area contributed by atoms with Gasteiger partial charge in [0.05, 0.1) is 40.0 Å². The van der Waals surface area contributed by atoms with Crippen molar-refractivity contribution in [2.24, 2.45) is 11.3 Å². The van der Waals surface area contributed by atoms with Crippen molar-refractivity contribution in [3.05, 3.63) is 119 Å². The van der Waals surface area contributed by atoms with Gasteiger partial charge in [0.2, 0.25) is 17.7 Å². The Morgan fingerprint density at radius 1 is 0.863 bits per heavy atom. The predicted molar refractivity (Wildman–Crippen MR) is 304 cm³/mol. The Labute approximate surface area is 469 Å². The van der Waals surface area contributed by atoms with E-state index < -0.39 is 57.3 Å². The lowest BCUT2D eigenvalue weighted by Gasteiger charge is -2.40. The third-order valence-electron chi connectivity index (χ3n) is 15.9. The van der Waals surface area contributed by atoms with Gasteiger partial charge in [-0.1, -0.05) is 63.2 Å². The fourth-order valence-corrected chi connectivity index (χ4v) is 13.4. The van der Waals surface area contributed by atoms with Crippen LogP contribution in [0.4, 0.5) is 20.2 Å². The zero-order valence-electron chi connectivity index (χ0n) is 45.5. The maximum Gasteiger partial charge on any atom is 0.301 e. The van der Waals surface area contributed by atoms with Crippen molar-refractivity contribution < 1.29 is 41.5 Å². The van der Waals surface area contributed by atoms with Crippen LogP contribution in [0.15, 0.2) is 90.7 Å². The number of aryl methyl sites for hydroxylation is 1. The molecule has 0 unspecified atom stereocenters. The van der Waals surface area contributed by atoms with Gasteiger partial charge in [-0.3, -0.25) is 33.7 Å². The van der Waals surface area contributed by atoms with Crippen LogP contribution >= 0.6 is 11.3 Å². The van der Waals surface area contributed by atoms with Crippen LogP contribution in [-0.4, -0.2) is 167 Å². The summed E-state index contributed by atoms with van der Waals surface area (Å²) >= 11 is 1.58. The van der Waals surface area contributed by atoms with Gasteiger partial charge in [0.15, 0.2) is 11.6 Å². The van der Waals surface area contributed by atoms with Crippen molar-refractivity contribution in [3.63, 3.8) is 0 Å². The maximum absolute atomic E-state index is 15.8. The number of nitrogens with zero attached hydrogens (tertiary/aromatic N) is 7. The summed E-state index contributed by atoms with van der Waals surface area (Å²) in [6, 6.07) is 20.0. The molecule has 4 fully saturated rings. The Morgan fingerprint density at radius 3 is 2.26 bits per heavy atom. The van der Waals surface area contributed by atoms with Crippen molar-refractivity contribution in [2.45, 2.75) is 84.3 Å². The summed E-state index contributed by atoms with van der Waals surface area (Å²) in [5.74, 6) is -2.19. The molecule has 4 atom stereocenters. The summed E-state index contributed by atoms with van der Waals surface area (Å²) in [5, 5.41) is 17.2. The van der Waals surface area contributed by atoms with Crippen LogP contribution in [0.3, 0.4) is 0 Å². The first-order valence-corrected chi connectivity index (χ1v) is 29.7. The van der Waals surface area contributed by atoms with E-state index >= 15 is 4.39 Å². The zero-order chi connectivity index (χ0) is 56.5. The molecule has 4 saturated heterocycles. The number of pyridine rings is 1. The number of aromatic nitrogens is 3. The van der Waals surface area contributed by atoms with Gasteiger partial charge in [-0.25, -0.2) is 18.7 Å². The fourth-order valence-electron chi connectivity index (χ4n) is 11.3. The largest absolute Gasteiger partial charge is 0.391 e. The van der Waals surface area contributed by atoms with E-state index in [9.17, 15) is 37.1 Å². The lowest BCUT2D eigenvalue weighted by atomic mass is 9.85. The number of aliphatic hydroxyl groups excluding tert-OH is 1. The Morgan fingerprint density at radius 2 is 1.59 bits per heavy atom. The first-order valence-electron chi connectivity index (χ1n) is 27.4. The maximum atomic E-state index is 15.8. The molecule has 3 aromatic carbocycles. The molecule has 7 heterocycles. The molecule has 4 aliphatic rings. The molecule has 18 nitrogen and oxygen atoms in total. The van der Waals surface area contributed by atoms with Crippen molar-refractivity contribution >= 4 is 67.5 Å². The van der Waals surface area contributed by atoms with E-state index in [2.05, 4.69) is 57.1 Å². The predicted octanol–water partition coefficient (Wildman–Crippen LogP) is 6.38. The van der Waals surface area contributed by atoms with E-state index in [0.29, 0.717) is 17.0 Å². The Hall–Kier alpha value is -6.69. The first-order chi connectivity index (χ1) is 38.3. The van der Waals surface area contributed by atoms with E-state index in [0.717, 1.165) is 101 Å². The summed E-state index contributed by atoms with van der Waals surface area (Å²) in [6.45, 7) is 13.7. The number of carbonyl (C=O) groups is 4. The molecule has 6 aromatic rings. The number of halogens is 2. The molecule has 0 bridgehead atoms. The smallest absolute Gasteiger partial charge is 0.301 e. The molecule has 22 heteroatoms. The molecule has 10 rings (SSSR count). The average molecular weight is 1130 g/mol. The highest BCUT2D eigenvalue weighted by atomic mass is 32.2. The molecule has 0 aliphatic carbocycles. The monoisotopic (exact) mass is 1130 g/mol. The van der Waals surface area contributed by atoms with Crippen molar-refractivity contribution in [3.8, 4) is 21.6 Å². The number of hydrogen-bond acceptors (Lipinski definition) is 13. The summed E-state index contributed by atoms with van der Waals surface area (Å²) in [6.07, 6.45) is 3.08. The number of anilines is 2. The van der Waals surface area contributed by atoms with E-state index in [1.165, 1.54) is 29.3 Å². The summed E-state index contributed by atoms with van der Waals surface area (Å²) < 4.78 is 58.4. The number of likely N-dealkylation sites (tertiary alicyclic amines) is 2. The van der Waals surface area contributed by atoms with Gasteiger partial charge in [-0.15, -0.1) is 11.3 Å². The number of aromatic amines is 1. The molecule has 3 aromatic heterocycles. The number of fused-ring (bicyclic) bond motifs is 1. The lowest BCUT2D eigenvalue weighted by Crippen LogP contribution is -2.59. The minimum Gasteiger partial charge on any atom is -0.391 e. The number of hydrogen-bond donors (Lipinski definition) is 5. The topological polar surface area (TPSA) is 217 Å². The van der Waals surface area contributed by atoms with E-state index in [-0.39, 0.29) is 74.4 Å². The number of alkyl halides is 1. The molecule has 5 N–H and O–H groups in total. The quantitative estimate of drug-likeness (QED) is 0.0630. The normalized spacial score (nSPS) is 20.3. The third-order valence-corrected chi connectivity index (χ3v) is 18.4. The van der Waals surface area contributed by atoms with Crippen molar-refractivity contribution in [1.29, 1.82) is 0 Å². The number of rotatable bonds is 17. The van der Waals surface area contributed by atoms with Gasteiger partial charge in [-0.05, 0) is 97.6 Å². The number of piperazine rings is 1. The van der Waals surface area contributed by atoms with Gasteiger partial charge < -0.3 is 30.5 Å². The molecular formula is C58H69F2N11O7S2. The number of ketones is 1. The highest BCUT2D eigenvalue weighted by Crippen LogP contribution is 2.33. The number of β-amino-alcohol motifs (C(OH)–C–C–N with tert-alkyl or cyclic N) is 1. The molecule has 4 aliphatic heterocycles. The van der Waals surface area contributed by atoms with Gasteiger partial charge in [0.25, 0.3) is 0 Å². The van der Waals surface area contributed by atoms with Crippen LogP contribution in [-0.2, 0) is 31.1 Å². The average Bonchev–Trinajstić information content (AvgIpc) is 4.33. The van der Waals surface area contributed by atoms with Crippen LogP contribution in [0.25, 0.3) is 32.6 Å². The first kappa shape index (κ1) is 56.6. The van der Waals surface area contributed by atoms with Gasteiger partial charge in [0, 0.05) is 99.9 Å². The Kier molecular flexibility index (Phi) is 16.8. The van der Waals surface area contributed by atoms with E-state index in [1.807, 2.05) is 75.7 Å². The van der Waals surface area contributed by atoms with Crippen LogP contribution in [0.5, 0.6) is 0 Å². The molecule has 0 radical (unpaired) electrons. The third kappa shape index (κ3) is 12.7. The number of thiazole rings is 1. The van der Waals surface area contributed by atoms with Crippen LogP contribution in [0, 0.1) is 24.1 Å². The summed E-state index contributed by atoms with van der Waals surface area (Å²) in [7, 11) is -4.24. The highest BCUT2D eigenvalue weighted by Gasteiger charge is 2.45. The number of benzene rings is 3. The van der Waals surface area contributed by atoms with Crippen LogP contribution < -0.4 is 20.3 Å². The second-order valence-corrected chi connectivity index (χ2v) is 25.2. The minimum absolute atomic E-state index is 0.00765. The zero-order valence-corrected chi connectivity index (χ0v) is 47.1. The lowest BCUT2D eigenvalue weighted by molar-refractivity contribution is -0.144. The minimum atomic E-state index is -4.24. The number of piperidine rings is 1. The second-order valence-electron chi connectivity index (χ2n) is 22.7. The van der Waals surface area contributed by atoms with Crippen molar-refractivity contribution in [2.75, 3.05) is 81.6 Å². The van der Waals surface area contributed by atoms with Crippen LogP contribution in [0.2, 0.25) is 0 Å². The van der Waals surface area contributed by atoms with Gasteiger partial charge in [-0.2, -0.15) is 12.7 Å². The Balaban J connectivity index is 0.673. The molecule has 0 spiro atoms. The Bertz CT molecular complexity index is 3340. The molecular weight excluding hydrogens is 1060 g/mol. The molecule has 80 heavy (non-hydrogen) atoms.